The summed E-state index contributed by atoms with van der Waals surface area (Å²) in [7, 11) is 0. The first-order chi connectivity index (χ1) is 18.4. The Morgan fingerprint density at radius 2 is 1.42 bits per heavy atom. The van der Waals surface area contributed by atoms with Crippen molar-refractivity contribution in [3.63, 3.8) is 0 Å². The van der Waals surface area contributed by atoms with Crippen molar-refractivity contribution in [3.05, 3.63) is 77.7 Å². The van der Waals surface area contributed by atoms with Gasteiger partial charge >= 0.3 is 0 Å². The summed E-state index contributed by atoms with van der Waals surface area (Å²) in [6, 6.07) is 17.2. The third kappa shape index (κ3) is 5.37. The molecule has 0 aliphatic carbocycles. The van der Waals surface area contributed by atoms with Gasteiger partial charge in [0, 0.05) is 70.5 Å². The van der Waals surface area contributed by atoms with Gasteiger partial charge in [0.05, 0.1) is 17.6 Å². The van der Waals surface area contributed by atoms with E-state index in [0.29, 0.717) is 37.4 Å². The van der Waals surface area contributed by atoms with Crippen LogP contribution in [0.15, 0.2) is 65.3 Å². The first kappa shape index (κ1) is 25.4. The van der Waals surface area contributed by atoms with Crippen LogP contribution in [-0.2, 0) is 4.79 Å². The second-order valence-electron chi connectivity index (χ2n) is 9.72. The molecule has 3 heterocycles. The van der Waals surface area contributed by atoms with Crippen molar-refractivity contribution in [2.75, 3.05) is 67.5 Å². The van der Waals surface area contributed by atoms with Crippen molar-refractivity contribution in [1.29, 1.82) is 0 Å². The number of nitrogens with one attached hydrogen (secondary N) is 1. The highest BCUT2D eigenvalue weighted by molar-refractivity contribution is 6.05. The molecule has 0 atom stereocenters. The predicted octanol–water partition coefficient (Wildman–Crippen LogP) is 3.47. The Hall–Kier alpha value is -4.27. The molecule has 38 heavy (non-hydrogen) atoms. The number of carbonyl (C=O) groups is 3. The first-order valence-corrected chi connectivity index (χ1v) is 13.0. The molecule has 2 aliphatic rings. The fourth-order valence-electron chi connectivity index (χ4n) is 5.15. The van der Waals surface area contributed by atoms with Crippen molar-refractivity contribution in [3.8, 4) is 0 Å². The van der Waals surface area contributed by atoms with Crippen LogP contribution in [0.1, 0.15) is 33.4 Å². The summed E-state index contributed by atoms with van der Waals surface area (Å²) in [6.07, 6.45) is 1.46. The number of nitrogens with zero attached hydrogens (tertiary/aromatic N) is 4. The molecule has 9 heteroatoms. The van der Waals surface area contributed by atoms with E-state index in [9.17, 15) is 14.4 Å². The molecule has 5 rings (SSSR count). The summed E-state index contributed by atoms with van der Waals surface area (Å²) in [5.74, 6) is -0.253. The highest BCUT2D eigenvalue weighted by Crippen LogP contribution is 2.31. The van der Waals surface area contributed by atoms with Gasteiger partial charge in [-0.25, -0.2) is 0 Å². The average molecular weight is 516 g/mol. The number of hydrogen-bond acceptors (Lipinski definition) is 6. The molecule has 0 saturated carbocycles. The Kier molecular flexibility index (Phi) is 7.35. The Balaban J connectivity index is 1.36. The van der Waals surface area contributed by atoms with Crippen LogP contribution < -0.4 is 15.1 Å². The Labute approximate surface area is 222 Å². The molecule has 3 amide bonds. The van der Waals surface area contributed by atoms with Gasteiger partial charge in [0.15, 0.2) is 5.76 Å². The van der Waals surface area contributed by atoms with Gasteiger partial charge in [-0.05, 0) is 48.9 Å². The monoisotopic (exact) mass is 515 g/mol. The molecular formula is C29H33N5O4. The maximum Gasteiger partial charge on any atom is 0.291 e. The van der Waals surface area contributed by atoms with E-state index in [4.69, 9.17) is 4.42 Å². The van der Waals surface area contributed by atoms with Crippen LogP contribution in [0.5, 0.6) is 0 Å². The fraction of sp³-hybridized carbons (Fsp3) is 0.345. The summed E-state index contributed by atoms with van der Waals surface area (Å²) in [5.41, 5.74) is 4.43. The van der Waals surface area contributed by atoms with E-state index in [2.05, 4.69) is 46.3 Å². The van der Waals surface area contributed by atoms with Gasteiger partial charge in [0.25, 0.3) is 11.8 Å². The van der Waals surface area contributed by atoms with Gasteiger partial charge in [-0.15, -0.1) is 0 Å². The zero-order chi connectivity index (χ0) is 26.6. The van der Waals surface area contributed by atoms with Crippen LogP contribution in [0.4, 0.5) is 17.1 Å². The molecule has 2 fully saturated rings. The van der Waals surface area contributed by atoms with Crippen molar-refractivity contribution in [2.45, 2.75) is 13.8 Å². The van der Waals surface area contributed by atoms with Crippen LogP contribution in [0.3, 0.4) is 0 Å². The molecule has 9 nitrogen and oxygen atoms in total. The molecule has 1 N–H and O–H groups in total. The van der Waals surface area contributed by atoms with Crippen LogP contribution in [-0.4, -0.2) is 79.9 Å². The maximum absolute atomic E-state index is 13.3. The number of aryl methyl sites for hydroxylation is 1. The topological polar surface area (TPSA) is 89.3 Å². The number of anilines is 3. The minimum Gasteiger partial charge on any atom is -0.459 e. The van der Waals surface area contributed by atoms with Crippen molar-refractivity contribution >= 4 is 34.8 Å². The van der Waals surface area contributed by atoms with E-state index in [-0.39, 0.29) is 23.5 Å². The summed E-state index contributed by atoms with van der Waals surface area (Å²) in [6.45, 7) is 8.92. The van der Waals surface area contributed by atoms with Gasteiger partial charge in [-0.3, -0.25) is 14.4 Å². The number of piperazine rings is 2. The van der Waals surface area contributed by atoms with E-state index in [1.54, 1.807) is 34.9 Å². The fourth-order valence-corrected chi connectivity index (χ4v) is 5.15. The molecule has 0 radical (unpaired) electrons. The maximum atomic E-state index is 13.3. The molecule has 0 bridgehead atoms. The molecule has 2 aliphatic heterocycles. The number of furan rings is 1. The zero-order valence-corrected chi connectivity index (χ0v) is 21.9. The van der Waals surface area contributed by atoms with Crippen molar-refractivity contribution in [1.82, 2.24) is 9.80 Å². The highest BCUT2D eigenvalue weighted by Gasteiger charge is 2.26. The predicted molar refractivity (Wildman–Crippen MR) is 147 cm³/mol. The number of benzene rings is 2. The molecule has 1 aromatic heterocycles. The SMILES string of the molecule is CC(=O)N1CCN(C(=O)c2ccc(N3CCN(c4ccccc4C)CC3)c(NC(=O)c3ccco3)c2)CC1. The Morgan fingerprint density at radius 3 is 2.05 bits per heavy atom. The van der Waals surface area contributed by atoms with E-state index >= 15 is 0 Å². The second kappa shape index (κ2) is 11.0. The second-order valence-corrected chi connectivity index (χ2v) is 9.72. The third-order valence-electron chi connectivity index (χ3n) is 7.33. The Bertz CT molecular complexity index is 1310. The quantitative estimate of drug-likeness (QED) is 0.560. The molecule has 0 unspecified atom stereocenters. The minimum absolute atomic E-state index is 0.0203. The van der Waals surface area contributed by atoms with Gasteiger partial charge in [0.1, 0.15) is 0 Å². The Morgan fingerprint density at radius 1 is 0.763 bits per heavy atom. The van der Waals surface area contributed by atoms with Gasteiger partial charge in [0.2, 0.25) is 5.91 Å². The summed E-state index contributed by atoms with van der Waals surface area (Å²) >= 11 is 0. The molecule has 198 valence electrons. The smallest absolute Gasteiger partial charge is 0.291 e. The van der Waals surface area contributed by atoms with E-state index in [0.717, 1.165) is 31.9 Å². The molecule has 2 aromatic carbocycles. The lowest BCUT2D eigenvalue weighted by Gasteiger charge is -2.39. The summed E-state index contributed by atoms with van der Waals surface area (Å²) in [5, 5.41) is 2.97. The number of amides is 3. The highest BCUT2D eigenvalue weighted by atomic mass is 16.3. The normalized spacial score (nSPS) is 15.9. The lowest BCUT2D eigenvalue weighted by atomic mass is 10.1. The molecule has 2 saturated heterocycles. The van der Waals surface area contributed by atoms with Crippen molar-refractivity contribution in [2.24, 2.45) is 0 Å². The van der Waals surface area contributed by atoms with Crippen LogP contribution >= 0.6 is 0 Å². The minimum atomic E-state index is -0.366. The van der Waals surface area contributed by atoms with Gasteiger partial charge in [-0.1, -0.05) is 18.2 Å². The molecular weight excluding hydrogens is 482 g/mol. The first-order valence-electron chi connectivity index (χ1n) is 13.0. The van der Waals surface area contributed by atoms with Crippen LogP contribution in [0.2, 0.25) is 0 Å². The lowest BCUT2D eigenvalue weighted by molar-refractivity contribution is -0.130. The van der Waals surface area contributed by atoms with E-state index in [1.165, 1.54) is 17.5 Å². The van der Waals surface area contributed by atoms with E-state index < -0.39 is 0 Å². The third-order valence-corrected chi connectivity index (χ3v) is 7.33. The zero-order valence-electron chi connectivity index (χ0n) is 21.9. The summed E-state index contributed by atoms with van der Waals surface area (Å²) in [4.78, 5) is 46.0. The number of rotatable bonds is 5. The van der Waals surface area contributed by atoms with Crippen molar-refractivity contribution < 1.29 is 18.8 Å². The summed E-state index contributed by atoms with van der Waals surface area (Å²) < 4.78 is 5.29. The number of hydrogen-bond donors (Lipinski definition) is 1. The van der Waals surface area contributed by atoms with Gasteiger partial charge in [-0.2, -0.15) is 0 Å². The standard InChI is InChI=1S/C29H33N5O4/c1-21-6-3-4-7-25(21)32-13-15-33(16-14-32)26-10-9-23(20-24(26)30-28(36)27-8-5-19-38-27)29(37)34-17-11-31(12-18-34)22(2)35/h3-10,19-20H,11-18H2,1-2H3,(H,30,36). The van der Waals surface area contributed by atoms with Crippen LogP contribution in [0.25, 0.3) is 0 Å². The molecule has 0 spiro atoms. The number of carbonyl (C=O) groups excluding carboxylic acids is 3. The van der Waals surface area contributed by atoms with Gasteiger partial charge < -0.3 is 29.3 Å². The van der Waals surface area contributed by atoms with E-state index in [1.807, 2.05) is 12.1 Å². The molecule has 3 aromatic rings. The largest absolute Gasteiger partial charge is 0.459 e. The lowest BCUT2D eigenvalue weighted by Crippen LogP contribution is -2.50. The van der Waals surface area contributed by atoms with Crippen LogP contribution in [0, 0.1) is 6.92 Å². The average Bonchev–Trinajstić information content (AvgIpc) is 3.49. The number of para-hydroxylation sites is 1.